The second kappa shape index (κ2) is 13.0. The van der Waals surface area contributed by atoms with Crippen molar-refractivity contribution in [2.75, 3.05) is 44.7 Å². The number of thioether (sulfide) groups is 1. The number of amides is 3. The summed E-state index contributed by atoms with van der Waals surface area (Å²) < 4.78 is 12.1. The van der Waals surface area contributed by atoms with Gasteiger partial charge in [0, 0.05) is 41.4 Å². The molecular formula is C30H27BrClN3O5S. The predicted molar refractivity (Wildman–Crippen MR) is 164 cm³/mol. The summed E-state index contributed by atoms with van der Waals surface area (Å²) in [4.78, 5) is 44.0. The van der Waals surface area contributed by atoms with E-state index in [1.807, 2.05) is 42.5 Å². The zero-order chi connectivity index (χ0) is 28.9. The van der Waals surface area contributed by atoms with E-state index in [0.29, 0.717) is 59.3 Å². The summed E-state index contributed by atoms with van der Waals surface area (Å²) in [5.41, 5.74) is 2.69. The van der Waals surface area contributed by atoms with Gasteiger partial charge in [-0.1, -0.05) is 57.9 Å². The monoisotopic (exact) mass is 655 g/mol. The number of carbonyl (C=O) groups is 3. The highest BCUT2D eigenvalue weighted by Crippen LogP contribution is 2.38. The zero-order valence-corrected chi connectivity index (χ0v) is 25.4. The molecule has 212 valence electrons. The van der Waals surface area contributed by atoms with Gasteiger partial charge in [0.1, 0.15) is 13.2 Å². The Morgan fingerprint density at radius 2 is 1.71 bits per heavy atom. The molecular weight excluding hydrogens is 630 g/mol. The number of methoxy groups -OCH3 is 1. The number of anilines is 1. The lowest BCUT2D eigenvalue weighted by molar-refractivity contribution is -0.136. The van der Waals surface area contributed by atoms with Crippen LogP contribution >= 0.6 is 39.3 Å². The molecule has 0 spiro atoms. The Balaban J connectivity index is 1.22. The van der Waals surface area contributed by atoms with Crippen molar-refractivity contribution >= 4 is 68.1 Å². The lowest BCUT2D eigenvalue weighted by Crippen LogP contribution is -2.51. The SMILES string of the molecule is COc1cc(/C=C2/SC(=O)N(CC(=O)N3CCN(c4ccccc4)CC3)C2=O)c(Br)cc1OCc1ccc(Cl)cc1. The third kappa shape index (κ3) is 6.89. The first kappa shape index (κ1) is 29.0. The highest BCUT2D eigenvalue weighted by Gasteiger charge is 2.37. The Hall–Kier alpha value is -3.47. The van der Waals surface area contributed by atoms with Crippen LogP contribution in [0.5, 0.6) is 11.5 Å². The molecule has 2 saturated heterocycles. The number of ether oxygens (including phenoxy) is 2. The standard InChI is InChI=1S/C30H27BrClN3O5S/c1-39-25-15-21(24(31)17-26(25)40-19-20-7-9-22(32)10-8-20)16-27-29(37)35(30(38)41-27)18-28(36)34-13-11-33(12-14-34)23-5-3-2-4-6-23/h2-10,15-17H,11-14,18-19H2,1H3/b27-16+. The number of hydrogen-bond donors (Lipinski definition) is 0. The van der Waals surface area contributed by atoms with Crippen LogP contribution in [0.4, 0.5) is 10.5 Å². The molecule has 3 aromatic rings. The smallest absolute Gasteiger partial charge is 0.294 e. The Morgan fingerprint density at radius 1 is 1.00 bits per heavy atom. The summed E-state index contributed by atoms with van der Waals surface area (Å²) in [6.45, 7) is 2.46. The third-order valence-electron chi connectivity index (χ3n) is 6.80. The lowest BCUT2D eigenvalue weighted by Gasteiger charge is -2.36. The summed E-state index contributed by atoms with van der Waals surface area (Å²) in [5, 5.41) is 0.178. The Bertz CT molecular complexity index is 1480. The molecule has 0 radical (unpaired) electrons. The summed E-state index contributed by atoms with van der Waals surface area (Å²) in [6.07, 6.45) is 1.61. The van der Waals surface area contributed by atoms with Gasteiger partial charge in [0.2, 0.25) is 5.91 Å². The molecule has 0 unspecified atom stereocenters. The first-order valence-electron chi connectivity index (χ1n) is 12.9. The number of benzene rings is 3. The molecule has 3 aromatic carbocycles. The molecule has 0 aliphatic carbocycles. The molecule has 2 fully saturated rings. The van der Waals surface area contributed by atoms with E-state index >= 15 is 0 Å². The molecule has 5 rings (SSSR count). The van der Waals surface area contributed by atoms with Gasteiger partial charge in [0.05, 0.1) is 12.0 Å². The molecule has 2 aliphatic rings. The second-order valence-corrected chi connectivity index (χ2v) is 11.7. The fourth-order valence-electron chi connectivity index (χ4n) is 4.54. The average Bonchev–Trinajstić information content (AvgIpc) is 3.25. The molecule has 0 atom stereocenters. The average molecular weight is 657 g/mol. The molecule has 2 aliphatic heterocycles. The van der Waals surface area contributed by atoms with Gasteiger partial charge in [0.15, 0.2) is 11.5 Å². The van der Waals surface area contributed by atoms with E-state index in [9.17, 15) is 14.4 Å². The Labute approximate surface area is 256 Å². The van der Waals surface area contributed by atoms with Crippen molar-refractivity contribution in [2.24, 2.45) is 0 Å². The normalized spacial score (nSPS) is 16.5. The van der Waals surface area contributed by atoms with Crippen LogP contribution in [0, 0.1) is 0 Å². The van der Waals surface area contributed by atoms with Crippen LogP contribution in [0.25, 0.3) is 6.08 Å². The van der Waals surface area contributed by atoms with E-state index in [-0.39, 0.29) is 17.4 Å². The van der Waals surface area contributed by atoms with E-state index in [4.69, 9.17) is 21.1 Å². The number of rotatable bonds is 8. The highest BCUT2D eigenvalue weighted by atomic mass is 79.9. The van der Waals surface area contributed by atoms with E-state index in [1.165, 1.54) is 7.11 Å². The number of halogens is 2. The molecule has 2 heterocycles. The number of para-hydroxylation sites is 1. The van der Waals surface area contributed by atoms with E-state index in [2.05, 4.69) is 20.8 Å². The fourth-order valence-corrected chi connectivity index (χ4v) is 5.93. The quantitative estimate of drug-likeness (QED) is 0.272. The van der Waals surface area contributed by atoms with Crippen LogP contribution in [-0.2, 0) is 16.2 Å². The van der Waals surface area contributed by atoms with E-state index in [0.717, 1.165) is 27.9 Å². The molecule has 3 amide bonds. The molecule has 0 bridgehead atoms. The molecule has 41 heavy (non-hydrogen) atoms. The lowest BCUT2D eigenvalue weighted by atomic mass is 10.1. The largest absolute Gasteiger partial charge is 0.493 e. The maximum Gasteiger partial charge on any atom is 0.294 e. The van der Waals surface area contributed by atoms with E-state index < -0.39 is 11.1 Å². The number of hydrogen-bond acceptors (Lipinski definition) is 7. The van der Waals surface area contributed by atoms with Gasteiger partial charge in [-0.05, 0) is 65.4 Å². The maximum absolute atomic E-state index is 13.1. The van der Waals surface area contributed by atoms with Gasteiger partial charge in [0.25, 0.3) is 11.1 Å². The molecule has 0 N–H and O–H groups in total. The minimum atomic E-state index is -0.495. The van der Waals surface area contributed by atoms with Crippen molar-refractivity contribution in [3.63, 3.8) is 0 Å². The van der Waals surface area contributed by atoms with Crippen LogP contribution in [0.2, 0.25) is 5.02 Å². The third-order valence-corrected chi connectivity index (χ3v) is 8.64. The first-order chi connectivity index (χ1) is 19.8. The van der Waals surface area contributed by atoms with Crippen molar-refractivity contribution in [3.05, 3.63) is 92.3 Å². The van der Waals surface area contributed by atoms with Crippen molar-refractivity contribution in [1.29, 1.82) is 0 Å². The molecule has 8 nitrogen and oxygen atoms in total. The summed E-state index contributed by atoms with van der Waals surface area (Å²) in [7, 11) is 1.53. The first-order valence-corrected chi connectivity index (χ1v) is 14.9. The van der Waals surface area contributed by atoms with Gasteiger partial charge in [-0.25, -0.2) is 0 Å². The van der Waals surface area contributed by atoms with Crippen molar-refractivity contribution < 1.29 is 23.9 Å². The van der Waals surface area contributed by atoms with Crippen LogP contribution in [0.1, 0.15) is 11.1 Å². The van der Waals surface area contributed by atoms with Crippen LogP contribution in [0.3, 0.4) is 0 Å². The van der Waals surface area contributed by atoms with Crippen LogP contribution in [-0.4, -0.2) is 66.7 Å². The van der Waals surface area contributed by atoms with Crippen LogP contribution < -0.4 is 14.4 Å². The Morgan fingerprint density at radius 3 is 2.39 bits per heavy atom. The summed E-state index contributed by atoms with van der Waals surface area (Å²) >= 11 is 10.3. The number of nitrogens with zero attached hydrogens (tertiary/aromatic N) is 3. The minimum Gasteiger partial charge on any atom is -0.493 e. The van der Waals surface area contributed by atoms with Crippen molar-refractivity contribution in [2.45, 2.75) is 6.61 Å². The fraction of sp³-hybridized carbons (Fsp3) is 0.233. The van der Waals surface area contributed by atoms with Crippen molar-refractivity contribution in [1.82, 2.24) is 9.80 Å². The van der Waals surface area contributed by atoms with Gasteiger partial charge in [-0.15, -0.1) is 0 Å². The molecule has 11 heteroatoms. The van der Waals surface area contributed by atoms with Gasteiger partial charge in [-0.3, -0.25) is 19.3 Å². The Kier molecular flexibility index (Phi) is 9.22. The molecule has 0 saturated carbocycles. The highest BCUT2D eigenvalue weighted by molar-refractivity contribution is 9.10. The number of carbonyl (C=O) groups excluding carboxylic acids is 3. The van der Waals surface area contributed by atoms with Gasteiger partial charge < -0.3 is 19.3 Å². The minimum absolute atomic E-state index is 0.231. The topological polar surface area (TPSA) is 79.4 Å². The van der Waals surface area contributed by atoms with Crippen molar-refractivity contribution in [3.8, 4) is 11.5 Å². The van der Waals surface area contributed by atoms with Gasteiger partial charge >= 0.3 is 0 Å². The zero-order valence-electron chi connectivity index (χ0n) is 22.2. The predicted octanol–water partition coefficient (Wildman–Crippen LogP) is 6.08. The second-order valence-electron chi connectivity index (χ2n) is 9.41. The number of imide groups is 1. The molecule has 0 aromatic heterocycles. The van der Waals surface area contributed by atoms with Gasteiger partial charge in [-0.2, -0.15) is 0 Å². The summed E-state index contributed by atoms with van der Waals surface area (Å²) in [5.74, 6) is 0.242. The number of piperazine rings is 1. The van der Waals surface area contributed by atoms with Crippen LogP contribution in [0.15, 0.2) is 76.1 Å². The summed E-state index contributed by atoms with van der Waals surface area (Å²) in [6, 6.07) is 20.9. The maximum atomic E-state index is 13.1. The van der Waals surface area contributed by atoms with E-state index in [1.54, 1.807) is 35.2 Å².